The van der Waals surface area contributed by atoms with Crippen LogP contribution in [-0.4, -0.2) is 37.3 Å². The largest absolute Gasteiger partial charge is 0.340 e. The fourth-order valence-electron chi connectivity index (χ4n) is 4.39. The van der Waals surface area contributed by atoms with Gasteiger partial charge < -0.3 is 9.84 Å². The Morgan fingerprint density at radius 2 is 1.97 bits per heavy atom. The van der Waals surface area contributed by atoms with E-state index in [1.54, 1.807) is 25.1 Å². The summed E-state index contributed by atoms with van der Waals surface area (Å²) in [5, 5.41) is 7.26. The van der Waals surface area contributed by atoms with Crippen LogP contribution in [0.2, 0.25) is 0 Å². The number of hydrogen-bond donors (Lipinski definition) is 1. The lowest BCUT2D eigenvalue weighted by molar-refractivity contribution is 0.0855. The number of rotatable bonds is 4. The lowest BCUT2D eigenvalue weighted by atomic mass is 9.80. The number of aryl methyl sites for hydroxylation is 2. The van der Waals surface area contributed by atoms with Crippen molar-refractivity contribution in [3.8, 4) is 0 Å². The molecule has 1 aliphatic carbocycles. The number of amides is 1. The van der Waals surface area contributed by atoms with E-state index in [4.69, 9.17) is 4.52 Å². The molecule has 0 spiro atoms. The second kappa shape index (κ2) is 7.44. The van der Waals surface area contributed by atoms with Crippen LogP contribution in [0, 0.1) is 6.92 Å². The van der Waals surface area contributed by atoms with Crippen LogP contribution in [0.5, 0.6) is 0 Å². The monoisotopic (exact) mass is 418 g/mol. The van der Waals surface area contributed by atoms with Gasteiger partial charge in [-0.05, 0) is 49.4 Å². The molecule has 2 heterocycles. The fourth-order valence-corrected chi connectivity index (χ4v) is 5.39. The molecule has 1 aromatic carbocycles. The molecule has 1 fully saturated rings. The Hall–Kier alpha value is -2.42. The van der Waals surface area contributed by atoms with Gasteiger partial charge in [0.1, 0.15) is 5.54 Å². The van der Waals surface area contributed by atoms with Crippen molar-refractivity contribution < 1.29 is 17.7 Å². The van der Waals surface area contributed by atoms with Crippen LogP contribution < -0.4 is 9.62 Å². The summed E-state index contributed by atoms with van der Waals surface area (Å²) in [7, 11) is -3.33. The van der Waals surface area contributed by atoms with E-state index in [1.165, 1.54) is 10.6 Å². The minimum Gasteiger partial charge on any atom is -0.340 e. The first-order valence-electron chi connectivity index (χ1n) is 10.0. The molecule has 4 rings (SSSR count). The van der Waals surface area contributed by atoms with E-state index in [2.05, 4.69) is 15.5 Å². The third kappa shape index (κ3) is 3.88. The van der Waals surface area contributed by atoms with Crippen LogP contribution in [0.25, 0.3) is 0 Å². The van der Waals surface area contributed by atoms with Gasteiger partial charge in [-0.2, -0.15) is 4.98 Å². The SMILES string of the molecule is Cc1nc(C2(NC(=O)c3ccc4c(c3)CCCN4S(C)(=O)=O)CCCCC2)no1. The summed E-state index contributed by atoms with van der Waals surface area (Å²) in [6.45, 7) is 2.21. The van der Waals surface area contributed by atoms with Crippen molar-refractivity contribution in [2.24, 2.45) is 0 Å². The highest BCUT2D eigenvalue weighted by atomic mass is 32.2. The van der Waals surface area contributed by atoms with E-state index in [1.807, 2.05) is 0 Å². The zero-order valence-electron chi connectivity index (χ0n) is 16.8. The summed E-state index contributed by atoms with van der Waals surface area (Å²) < 4.78 is 30.7. The highest BCUT2D eigenvalue weighted by molar-refractivity contribution is 7.92. The molecular formula is C20H26N4O4S. The second-order valence-corrected chi connectivity index (χ2v) is 9.92. The molecule has 0 saturated heterocycles. The molecule has 1 saturated carbocycles. The summed E-state index contributed by atoms with van der Waals surface area (Å²) >= 11 is 0. The van der Waals surface area contributed by atoms with E-state index in [0.717, 1.165) is 50.5 Å². The molecular weight excluding hydrogens is 392 g/mol. The molecule has 1 aromatic heterocycles. The maximum Gasteiger partial charge on any atom is 0.252 e. The van der Waals surface area contributed by atoms with Crippen molar-refractivity contribution in [1.82, 2.24) is 15.5 Å². The second-order valence-electron chi connectivity index (χ2n) is 8.02. The van der Waals surface area contributed by atoms with E-state index in [0.29, 0.717) is 29.5 Å². The Labute approximate surface area is 170 Å². The number of aromatic nitrogens is 2. The molecule has 9 heteroatoms. The van der Waals surface area contributed by atoms with E-state index in [9.17, 15) is 13.2 Å². The molecule has 2 aromatic rings. The third-order valence-electron chi connectivity index (χ3n) is 5.83. The number of nitrogens with one attached hydrogen (secondary N) is 1. The summed E-state index contributed by atoms with van der Waals surface area (Å²) in [6, 6.07) is 5.23. The number of sulfonamides is 1. The number of benzene rings is 1. The third-order valence-corrected chi connectivity index (χ3v) is 7.01. The van der Waals surface area contributed by atoms with Gasteiger partial charge in [0, 0.05) is 19.0 Å². The van der Waals surface area contributed by atoms with Gasteiger partial charge in [-0.3, -0.25) is 9.10 Å². The molecule has 0 bridgehead atoms. The lowest BCUT2D eigenvalue weighted by Gasteiger charge is -2.35. The van der Waals surface area contributed by atoms with E-state index < -0.39 is 15.6 Å². The van der Waals surface area contributed by atoms with Crippen molar-refractivity contribution in [2.75, 3.05) is 17.1 Å². The topological polar surface area (TPSA) is 105 Å². The van der Waals surface area contributed by atoms with Crippen molar-refractivity contribution in [1.29, 1.82) is 0 Å². The summed E-state index contributed by atoms with van der Waals surface area (Å²) in [5.74, 6) is 0.812. The van der Waals surface area contributed by atoms with Crippen molar-refractivity contribution in [3.05, 3.63) is 41.0 Å². The molecule has 2 aliphatic rings. The molecule has 0 unspecified atom stereocenters. The van der Waals surface area contributed by atoms with Gasteiger partial charge in [-0.1, -0.05) is 24.4 Å². The Balaban J connectivity index is 1.62. The fraction of sp³-hybridized carbons (Fsp3) is 0.550. The average molecular weight is 419 g/mol. The van der Waals surface area contributed by atoms with Crippen molar-refractivity contribution >= 4 is 21.6 Å². The lowest BCUT2D eigenvalue weighted by Crippen LogP contribution is -2.48. The first-order valence-corrected chi connectivity index (χ1v) is 11.9. The standard InChI is InChI=1S/C20H26N4O4S/c1-14-21-19(23-28-14)20(10-4-3-5-11-20)22-18(25)16-8-9-17-15(13-16)7-6-12-24(17)29(2,26)27/h8-9,13H,3-7,10-12H2,1-2H3,(H,22,25). The van der Waals surface area contributed by atoms with E-state index >= 15 is 0 Å². The van der Waals surface area contributed by atoms with Crippen molar-refractivity contribution in [3.63, 3.8) is 0 Å². The summed E-state index contributed by atoms with van der Waals surface area (Å²) in [5.41, 5.74) is 1.44. The normalized spacial score (nSPS) is 18.9. The number of anilines is 1. The predicted molar refractivity (Wildman–Crippen MR) is 108 cm³/mol. The minimum atomic E-state index is -3.33. The van der Waals surface area contributed by atoms with Crippen LogP contribution in [0.3, 0.4) is 0 Å². The smallest absolute Gasteiger partial charge is 0.252 e. The molecule has 0 atom stereocenters. The first kappa shape index (κ1) is 19.9. The zero-order chi connectivity index (χ0) is 20.6. The predicted octanol–water partition coefficient (Wildman–Crippen LogP) is 2.68. The van der Waals surface area contributed by atoms with Gasteiger partial charge in [-0.25, -0.2) is 8.42 Å². The van der Waals surface area contributed by atoms with Gasteiger partial charge in [0.25, 0.3) is 5.91 Å². The Kier molecular flexibility index (Phi) is 5.10. The van der Waals surface area contributed by atoms with Crippen LogP contribution in [0.15, 0.2) is 22.7 Å². The zero-order valence-corrected chi connectivity index (χ0v) is 17.6. The number of hydrogen-bond acceptors (Lipinski definition) is 6. The van der Waals surface area contributed by atoms with Crippen molar-refractivity contribution in [2.45, 2.75) is 57.4 Å². The van der Waals surface area contributed by atoms with Crippen LogP contribution in [-0.2, 0) is 22.0 Å². The summed E-state index contributed by atoms with van der Waals surface area (Å²) in [6.07, 6.45) is 7.32. The van der Waals surface area contributed by atoms with Gasteiger partial charge in [0.2, 0.25) is 15.9 Å². The maximum atomic E-state index is 13.1. The minimum absolute atomic E-state index is 0.200. The molecule has 0 radical (unpaired) electrons. The van der Waals surface area contributed by atoms with Gasteiger partial charge in [-0.15, -0.1) is 0 Å². The Bertz CT molecular complexity index is 1020. The quantitative estimate of drug-likeness (QED) is 0.818. The summed E-state index contributed by atoms with van der Waals surface area (Å²) in [4.78, 5) is 17.5. The molecule has 29 heavy (non-hydrogen) atoms. The highest BCUT2D eigenvalue weighted by Crippen LogP contribution is 2.36. The number of carbonyl (C=O) groups excluding carboxylic acids is 1. The van der Waals surface area contributed by atoms with Gasteiger partial charge in [0.15, 0.2) is 5.82 Å². The Morgan fingerprint density at radius 1 is 1.21 bits per heavy atom. The number of fused-ring (bicyclic) bond motifs is 1. The molecule has 156 valence electrons. The highest BCUT2D eigenvalue weighted by Gasteiger charge is 2.40. The van der Waals surface area contributed by atoms with Crippen LogP contribution in [0.1, 0.15) is 66.2 Å². The first-order chi connectivity index (χ1) is 13.8. The molecule has 1 amide bonds. The van der Waals surface area contributed by atoms with Gasteiger partial charge in [0.05, 0.1) is 11.9 Å². The number of nitrogens with zero attached hydrogens (tertiary/aromatic N) is 3. The average Bonchev–Trinajstić information content (AvgIpc) is 3.14. The van der Waals surface area contributed by atoms with Gasteiger partial charge >= 0.3 is 0 Å². The molecule has 8 nitrogen and oxygen atoms in total. The molecule has 1 N–H and O–H groups in total. The Morgan fingerprint density at radius 3 is 2.62 bits per heavy atom. The van der Waals surface area contributed by atoms with E-state index in [-0.39, 0.29) is 5.91 Å². The maximum absolute atomic E-state index is 13.1. The number of carbonyl (C=O) groups is 1. The van der Waals surface area contributed by atoms with Crippen LogP contribution >= 0.6 is 0 Å². The van der Waals surface area contributed by atoms with Crippen LogP contribution in [0.4, 0.5) is 5.69 Å². The molecule has 1 aliphatic heterocycles.